The standard InChI is InChI=1S/C24H18N2O5S/c1-30-18-12-10-16(11-13-18)23(28)26-22(27)15-31-24(29)19-7-3-5-9-21(19)32-20-8-4-2-6-17(20)14-25/h2-13H,15H2,1H3,(H,26,27,28). The lowest BCUT2D eigenvalue weighted by molar-refractivity contribution is -0.123. The Morgan fingerprint density at radius 2 is 1.59 bits per heavy atom. The summed E-state index contributed by atoms with van der Waals surface area (Å²) >= 11 is 1.25. The fourth-order valence-electron chi connectivity index (χ4n) is 2.68. The molecule has 0 aliphatic carbocycles. The van der Waals surface area contributed by atoms with Gasteiger partial charge in [-0.1, -0.05) is 36.0 Å². The van der Waals surface area contributed by atoms with Crippen LogP contribution in [0.15, 0.2) is 82.6 Å². The molecule has 0 saturated heterocycles. The van der Waals surface area contributed by atoms with Crippen LogP contribution in [0.3, 0.4) is 0 Å². The van der Waals surface area contributed by atoms with Crippen LogP contribution >= 0.6 is 11.8 Å². The molecule has 0 heterocycles. The normalized spacial score (nSPS) is 10.0. The lowest BCUT2D eigenvalue weighted by atomic mass is 10.2. The van der Waals surface area contributed by atoms with Gasteiger partial charge in [0, 0.05) is 15.4 Å². The molecule has 0 atom stereocenters. The van der Waals surface area contributed by atoms with Gasteiger partial charge in [-0.3, -0.25) is 14.9 Å². The van der Waals surface area contributed by atoms with Crippen LogP contribution in [0, 0.1) is 11.3 Å². The van der Waals surface area contributed by atoms with Crippen molar-refractivity contribution in [3.8, 4) is 11.8 Å². The van der Waals surface area contributed by atoms with E-state index >= 15 is 0 Å². The molecule has 0 aliphatic rings. The second-order valence-corrected chi connectivity index (χ2v) is 7.47. The highest BCUT2D eigenvalue weighted by molar-refractivity contribution is 7.99. The van der Waals surface area contributed by atoms with Gasteiger partial charge in [-0.25, -0.2) is 4.79 Å². The summed E-state index contributed by atoms with van der Waals surface area (Å²) in [7, 11) is 1.51. The van der Waals surface area contributed by atoms with E-state index < -0.39 is 24.4 Å². The molecule has 3 rings (SSSR count). The van der Waals surface area contributed by atoms with Gasteiger partial charge < -0.3 is 9.47 Å². The van der Waals surface area contributed by atoms with E-state index in [1.165, 1.54) is 31.0 Å². The molecule has 0 fully saturated rings. The molecule has 0 aliphatic heterocycles. The molecule has 0 spiro atoms. The molecule has 3 aromatic carbocycles. The third-order valence-corrected chi connectivity index (χ3v) is 5.43. The van der Waals surface area contributed by atoms with E-state index in [1.54, 1.807) is 60.7 Å². The van der Waals surface area contributed by atoms with Gasteiger partial charge in [0.2, 0.25) is 0 Å². The Morgan fingerprint density at radius 1 is 0.938 bits per heavy atom. The maximum absolute atomic E-state index is 12.6. The zero-order chi connectivity index (χ0) is 22.9. The molecule has 32 heavy (non-hydrogen) atoms. The Kier molecular flexibility index (Phi) is 7.62. The summed E-state index contributed by atoms with van der Waals surface area (Å²) in [6, 6.07) is 22.1. The largest absolute Gasteiger partial charge is 0.497 e. The van der Waals surface area contributed by atoms with Crippen molar-refractivity contribution in [3.63, 3.8) is 0 Å². The second kappa shape index (κ2) is 10.8. The van der Waals surface area contributed by atoms with Crippen LogP contribution in [-0.4, -0.2) is 31.5 Å². The number of nitrogens with zero attached hydrogens (tertiary/aromatic N) is 1. The Morgan fingerprint density at radius 3 is 2.28 bits per heavy atom. The molecule has 0 bridgehead atoms. The number of carbonyl (C=O) groups is 3. The summed E-state index contributed by atoms with van der Waals surface area (Å²) in [4.78, 5) is 38.0. The van der Waals surface area contributed by atoms with Crippen LogP contribution in [0.5, 0.6) is 5.75 Å². The topological polar surface area (TPSA) is 105 Å². The number of ether oxygens (including phenoxy) is 2. The van der Waals surface area contributed by atoms with Crippen molar-refractivity contribution in [2.24, 2.45) is 0 Å². The second-order valence-electron chi connectivity index (χ2n) is 6.39. The molecular weight excluding hydrogens is 428 g/mol. The minimum atomic E-state index is -0.751. The average molecular weight is 446 g/mol. The smallest absolute Gasteiger partial charge is 0.339 e. The number of nitriles is 1. The Labute approximate surface area is 189 Å². The van der Waals surface area contributed by atoms with Crippen LogP contribution in [0.2, 0.25) is 0 Å². The highest BCUT2D eigenvalue weighted by Crippen LogP contribution is 2.32. The lowest BCUT2D eigenvalue weighted by Gasteiger charge is -2.10. The summed E-state index contributed by atoms with van der Waals surface area (Å²) in [5.74, 6) is -1.50. The van der Waals surface area contributed by atoms with Crippen molar-refractivity contribution in [2.75, 3.05) is 13.7 Å². The Hall–Kier alpha value is -4.09. The number of hydrogen-bond donors (Lipinski definition) is 1. The van der Waals surface area contributed by atoms with E-state index in [9.17, 15) is 19.6 Å². The van der Waals surface area contributed by atoms with Crippen LogP contribution < -0.4 is 10.1 Å². The summed E-state index contributed by atoms with van der Waals surface area (Å²) in [6.45, 7) is -0.617. The fourth-order valence-corrected chi connectivity index (χ4v) is 3.69. The first-order valence-electron chi connectivity index (χ1n) is 9.43. The Balaban J connectivity index is 1.62. The highest BCUT2D eigenvalue weighted by Gasteiger charge is 2.17. The molecular formula is C24H18N2O5S. The molecule has 7 nitrogen and oxygen atoms in total. The number of methoxy groups -OCH3 is 1. The molecule has 0 unspecified atom stereocenters. The first kappa shape index (κ1) is 22.6. The predicted octanol–water partition coefficient (Wildman–Crippen LogP) is 3.83. The van der Waals surface area contributed by atoms with Crippen molar-refractivity contribution in [2.45, 2.75) is 9.79 Å². The van der Waals surface area contributed by atoms with Gasteiger partial charge in [0.1, 0.15) is 11.8 Å². The van der Waals surface area contributed by atoms with Gasteiger partial charge in [0.15, 0.2) is 6.61 Å². The van der Waals surface area contributed by atoms with Crippen molar-refractivity contribution in [1.82, 2.24) is 5.32 Å². The summed E-state index contributed by atoms with van der Waals surface area (Å²) in [5.41, 5.74) is 1.000. The summed E-state index contributed by atoms with van der Waals surface area (Å²) in [5, 5.41) is 11.4. The van der Waals surface area contributed by atoms with E-state index in [-0.39, 0.29) is 11.1 Å². The number of amides is 2. The minimum Gasteiger partial charge on any atom is -0.497 e. The SMILES string of the molecule is COc1ccc(C(=O)NC(=O)COC(=O)c2ccccc2Sc2ccccc2C#N)cc1. The van der Waals surface area contributed by atoms with E-state index in [1.807, 2.05) is 0 Å². The number of imide groups is 1. The third-order valence-electron chi connectivity index (χ3n) is 4.27. The van der Waals surface area contributed by atoms with Crippen molar-refractivity contribution in [3.05, 3.63) is 89.5 Å². The molecule has 0 aromatic heterocycles. The molecule has 8 heteroatoms. The first-order chi connectivity index (χ1) is 15.5. The quantitative estimate of drug-likeness (QED) is 0.550. The van der Waals surface area contributed by atoms with Crippen molar-refractivity contribution >= 4 is 29.5 Å². The molecule has 0 radical (unpaired) electrons. The van der Waals surface area contributed by atoms with Crippen LogP contribution in [0.1, 0.15) is 26.3 Å². The van der Waals surface area contributed by atoms with Crippen molar-refractivity contribution < 1.29 is 23.9 Å². The number of esters is 1. The lowest BCUT2D eigenvalue weighted by Crippen LogP contribution is -2.34. The van der Waals surface area contributed by atoms with Gasteiger partial charge in [-0.2, -0.15) is 5.26 Å². The zero-order valence-corrected chi connectivity index (χ0v) is 17.8. The minimum absolute atomic E-state index is 0.250. The van der Waals surface area contributed by atoms with E-state index in [2.05, 4.69) is 11.4 Å². The number of hydrogen-bond acceptors (Lipinski definition) is 7. The number of rotatable bonds is 7. The molecule has 160 valence electrons. The van der Waals surface area contributed by atoms with Crippen LogP contribution in [-0.2, 0) is 9.53 Å². The van der Waals surface area contributed by atoms with Crippen molar-refractivity contribution in [1.29, 1.82) is 5.26 Å². The van der Waals surface area contributed by atoms with E-state index in [4.69, 9.17) is 9.47 Å². The Bertz CT molecular complexity index is 1190. The van der Waals surface area contributed by atoms with Crippen LogP contribution in [0.4, 0.5) is 0 Å². The highest BCUT2D eigenvalue weighted by atomic mass is 32.2. The van der Waals surface area contributed by atoms with Gasteiger partial charge in [0.25, 0.3) is 11.8 Å². The number of carbonyl (C=O) groups excluding carboxylic acids is 3. The van der Waals surface area contributed by atoms with E-state index in [0.29, 0.717) is 21.1 Å². The first-order valence-corrected chi connectivity index (χ1v) is 10.2. The molecule has 3 aromatic rings. The monoisotopic (exact) mass is 446 g/mol. The summed E-state index contributed by atoms with van der Waals surface area (Å²) in [6.07, 6.45) is 0. The van der Waals surface area contributed by atoms with Gasteiger partial charge in [-0.15, -0.1) is 0 Å². The zero-order valence-electron chi connectivity index (χ0n) is 17.0. The van der Waals surface area contributed by atoms with Crippen LogP contribution in [0.25, 0.3) is 0 Å². The average Bonchev–Trinajstić information content (AvgIpc) is 2.83. The van der Waals surface area contributed by atoms with Gasteiger partial charge >= 0.3 is 5.97 Å². The fraction of sp³-hybridized carbons (Fsp3) is 0.0833. The van der Waals surface area contributed by atoms with Gasteiger partial charge in [0.05, 0.1) is 18.2 Å². The number of benzene rings is 3. The van der Waals surface area contributed by atoms with Gasteiger partial charge in [-0.05, 0) is 48.5 Å². The molecule has 0 saturated carbocycles. The number of nitrogens with one attached hydrogen (secondary N) is 1. The maximum atomic E-state index is 12.6. The summed E-state index contributed by atoms with van der Waals surface area (Å²) < 4.78 is 10.1. The predicted molar refractivity (Wildman–Crippen MR) is 117 cm³/mol. The maximum Gasteiger partial charge on any atom is 0.339 e. The molecule has 2 amide bonds. The third kappa shape index (κ3) is 5.74. The molecule has 1 N–H and O–H groups in total. The van der Waals surface area contributed by atoms with E-state index in [0.717, 1.165) is 0 Å².